The van der Waals surface area contributed by atoms with Gasteiger partial charge in [0.05, 0.1) is 6.42 Å². The minimum absolute atomic E-state index is 0.0327. The summed E-state index contributed by atoms with van der Waals surface area (Å²) in [5.74, 6) is -1.21. The quantitative estimate of drug-likeness (QED) is 0.859. The van der Waals surface area contributed by atoms with E-state index in [9.17, 15) is 9.59 Å². The lowest BCUT2D eigenvalue weighted by molar-refractivity contribution is -0.138. The van der Waals surface area contributed by atoms with E-state index in [1.54, 1.807) is 13.8 Å². The first kappa shape index (κ1) is 14.9. The molecule has 0 unspecified atom stereocenters. The highest BCUT2D eigenvalue weighted by Gasteiger charge is 2.26. The molecule has 0 radical (unpaired) electrons. The number of carboxylic acids is 1. The lowest BCUT2D eigenvalue weighted by atomic mass is 10.0. The van der Waals surface area contributed by atoms with Crippen LogP contribution in [0.5, 0.6) is 0 Å². The first-order valence-corrected chi connectivity index (χ1v) is 6.43. The van der Waals surface area contributed by atoms with E-state index < -0.39 is 17.4 Å². The summed E-state index contributed by atoms with van der Waals surface area (Å²) in [6.07, 6.45) is -0.192. The fourth-order valence-corrected chi connectivity index (χ4v) is 2.05. The van der Waals surface area contributed by atoms with Crippen molar-refractivity contribution in [2.24, 2.45) is 0 Å². The number of nitrogens with zero attached hydrogens (tertiary/aromatic N) is 4. The van der Waals surface area contributed by atoms with E-state index in [0.717, 1.165) is 11.4 Å². The van der Waals surface area contributed by atoms with E-state index in [2.05, 4.69) is 20.4 Å². The van der Waals surface area contributed by atoms with Crippen LogP contribution in [0, 0.1) is 13.8 Å². The van der Waals surface area contributed by atoms with Gasteiger partial charge in [0, 0.05) is 16.9 Å². The summed E-state index contributed by atoms with van der Waals surface area (Å²) >= 11 is 0. The van der Waals surface area contributed by atoms with Crippen LogP contribution in [0.15, 0.2) is 6.07 Å². The molecule has 0 aliphatic heterocycles. The van der Waals surface area contributed by atoms with Crippen LogP contribution >= 0.6 is 0 Å². The Morgan fingerprint density at radius 1 is 1.33 bits per heavy atom. The number of carbonyl (C=O) groups is 2. The molecule has 0 aromatic carbocycles. The van der Waals surface area contributed by atoms with Crippen molar-refractivity contribution in [3.05, 3.63) is 23.3 Å². The van der Waals surface area contributed by atoms with Gasteiger partial charge in [0.1, 0.15) is 0 Å². The molecule has 21 heavy (non-hydrogen) atoms. The smallest absolute Gasteiger partial charge is 0.305 e. The van der Waals surface area contributed by atoms with Crippen molar-refractivity contribution in [1.82, 2.24) is 24.9 Å². The fraction of sp³-hybridized carbons (Fsp3) is 0.462. The number of rotatable bonds is 4. The van der Waals surface area contributed by atoms with E-state index in [-0.39, 0.29) is 12.2 Å². The Morgan fingerprint density at radius 3 is 2.62 bits per heavy atom. The number of fused-ring (bicyclic) bond motifs is 1. The summed E-state index contributed by atoms with van der Waals surface area (Å²) in [5.41, 5.74) is 0.707. The first-order valence-electron chi connectivity index (χ1n) is 6.43. The van der Waals surface area contributed by atoms with Gasteiger partial charge in [-0.3, -0.25) is 9.59 Å². The number of carbonyl (C=O) groups excluding carboxylic acids is 1. The fourth-order valence-electron chi connectivity index (χ4n) is 2.05. The van der Waals surface area contributed by atoms with Crippen molar-refractivity contribution >= 4 is 17.7 Å². The molecule has 112 valence electrons. The number of aromatic nitrogens is 4. The largest absolute Gasteiger partial charge is 0.481 e. The third-order valence-electron chi connectivity index (χ3n) is 2.87. The summed E-state index contributed by atoms with van der Waals surface area (Å²) in [5, 5.41) is 15.5. The number of carboxylic acid groups (broad SMARTS) is 1. The maximum absolute atomic E-state index is 12.1. The lowest BCUT2D eigenvalue weighted by Gasteiger charge is -2.23. The van der Waals surface area contributed by atoms with E-state index in [1.165, 1.54) is 4.52 Å². The molecule has 0 saturated carbocycles. The van der Waals surface area contributed by atoms with Crippen molar-refractivity contribution in [2.75, 3.05) is 0 Å². The van der Waals surface area contributed by atoms with E-state index in [4.69, 9.17) is 5.11 Å². The SMILES string of the molecule is Cc1cc(C)n2nc(C(=O)NC(C)(C)CC(=O)O)nc2n1. The van der Waals surface area contributed by atoms with Gasteiger partial charge in [0.2, 0.25) is 5.82 Å². The molecule has 2 aromatic heterocycles. The zero-order chi connectivity index (χ0) is 15.8. The van der Waals surface area contributed by atoms with Gasteiger partial charge in [-0.1, -0.05) is 0 Å². The summed E-state index contributed by atoms with van der Waals surface area (Å²) < 4.78 is 1.48. The van der Waals surface area contributed by atoms with Gasteiger partial charge < -0.3 is 10.4 Å². The van der Waals surface area contributed by atoms with Gasteiger partial charge in [-0.15, -0.1) is 5.10 Å². The van der Waals surface area contributed by atoms with Crippen molar-refractivity contribution in [2.45, 2.75) is 39.7 Å². The Kier molecular flexibility index (Phi) is 3.63. The maximum Gasteiger partial charge on any atom is 0.305 e. The lowest BCUT2D eigenvalue weighted by Crippen LogP contribution is -2.45. The Hall–Kier alpha value is -2.51. The van der Waals surface area contributed by atoms with Gasteiger partial charge in [-0.25, -0.2) is 9.50 Å². The topological polar surface area (TPSA) is 109 Å². The summed E-state index contributed by atoms with van der Waals surface area (Å²) in [6.45, 7) is 6.93. The van der Waals surface area contributed by atoms with Crippen LogP contribution in [0.2, 0.25) is 0 Å². The molecule has 0 fully saturated rings. The second-order valence-corrected chi connectivity index (χ2v) is 5.59. The number of aryl methyl sites for hydroxylation is 2. The molecule has 2 aromatic rings. The Labute approximate surface area is 121 Å². The van der Waals surface area contributed by atoms with Gasteiger partial charge in [-0.2, -0.15) is 4.98 Å². The van der Waals surface area contributed by atoms with E-state index in [1.807, 2.05) is 19.9 Å². The minimum atomic E-state index is -0.989. The molecule has 2 heterocycles. The van der Waals surface area contributed by atoms with Crippen LogP contribution in [0.3, 0.4) is 0 Å². The second kappa shape index (κ2) is 5.12. The van der Waals surface area contributed by atoms with Crippen LogP contribution in [0.25, 0.3) is 5.78 Å². The molecule has 8 heteroatoms. The zero-order valence-electron chi connectivity index (χ0n) is 12.3. The minimum Gasteiger partial charge on any atom is -0.481 e. The number of nitrogens with one attached hydrogen (secondary N) is 1. The maximum atomic E-state index is 12.1. The number of aliphatic carboxylic acids is 1. The molecular weight excluding hydrogens is 274 g/mol. The van der Waals surface area contributed by atoms with E-state index >= 15 is 0 Å². The second-order valence-electron chi connectivity index (χ2n) is 5.59. The first-order chi connectivity index (χ1) is 9.68. The highest BCUT2D eigenvalue weighted by Crippen LogP contribution is 2.10. The number of hydrogen-bond acceptors (Lipinski definition) is 5. The molecule has 0 aliphatic rings. The molecule has 0 saturated heterocycles. The van der Waals surface area contributed by atoms with E-state index in [0.29, 0.717) is 5.78 Å². The molecule has 0 spiro atoms. The normalized spacial score (nSPS) is 11.6. The zero-order valence-corrected chi connectivity index (χ0v) is 12.3. The van der Waals surface area contributed by atoms with Gasteiger partial charge in [-0.05, 0) is 33.8 Å². The molecule has 0 atom stereocenters. The summed E-state index contributed by atoms with van der Waals surface area (Å²) in [4.78, 5) is 31.2. The molecule has 0 bridgehead atoms. The molecule has 8 nitrogen and oxygen atoms in total. The van der Waals surface area contributed by atoms with Gasteiger partial charge >= 0.3 is 5.97 Å². The van der Waals surface area contributed by atoms with Crippen LogP contribution in [-0.4, -0.2) is 42.1 Å². The summed E-state index contributed by atoms with van der Waals surface area (Å²) in [6, 6.07) is 1.83. The Balaban J connectivity index is 2.28. The highest BCUT2D eigenvalue weighted by molar-refractivity contribution is 5.91. The summed E-state index contributed by atoms with van der Waals surface area (Å²) in [7, 11) is 0. The Morgan fingerprint density at radius 2 is 2.00 bits per heavy atom. The third-order valence-corrected chi connectivity index (χ3v) is 2.87. The number of hydrogen-bond donors (Lipinski definition) is 2. The molecule has 2 N–H and O–H groups in total. The van der Waals surface area contributed by atoms with Crippen molar-refractivity contribution < 1.29 is 14.7 Å². The van der Waals surface area contributed by atoms with Crippen LogP contribution in [-0.2, 0) is 4.79 Å². The predicted molar refractivity (Wildman–Crippen MR) is 74.1 cm³/mol. The Bertz CT molecular complexity index is 720. The molecule has 2 rings (SSSR count). The van der Waals surface area contributed by atoms with Gasteiger partial charge in [0.15, 0.2) is 0 Å². The van der Waals surface area contributed by atoms with Crippen LogP contribution in [0.4, 0.5) is 0 Å². The molecular formula is C13H17N5O3. The van der Waals surface area contributed by atoms with Crippen molar-refractivity contribution in [3.8, 4) is 0 Å². The van der Waals surface area contributed by atoms with Gasteiger partial charge in [0.25, 0.3) is 11.7 Å². The standard InChI is InChI=1S/C13H17N5O3/c1-7-5-8(2)18-12(14-7)15-10(17-18)11(21)16-13(3,4)6-9(19)20/h5H,6H2,1-4H3,(H,16,21)(H,19,20). The van der Waals surface area contributed by atoms with Crippen molar-refractivity contribution in [1.29, 1.82) is 0 Å². The van der Waals surface area contributed by atoms with Crippen LogP contribution < -0.4 is 5.32 Å². The van der Waals surface area contributed by atoms with Crippen molar-refractivity contribution in [3.63, 3.8) is 0 Å². The monoisotopic (exact) mass is 291 g/mol. The third kappa shape index (κ3) is 3.33. The average Bonchev–Trinajstić information content (AvgIpc) is 2.70. The predicted octanol–water partition coefficient (Wildman–Crippen LogP) is 0.724. The molecule has 1 amide bonds. The average molecular weight is 291 g/mol. The number of amides is 1. The molecule has 0 aliphatic carbocycles. The van der Waals surface area contributed by atoms with Crippen LogP contribution in [0.1, 0.15) is 42.3 Å². The highest BCUT2D eigenvalue weighted by atomic mass is 16.4.